The van der Waals surface area contributed by atoms with Gasteiger partial charge in [0.15, 0.2) is 17.3 Å². The summed E-state index contributed by atoms with van der Waals surface area (Å²) in [6.07, 6.45) is 0. The maximum absolute atomic E-state index is 13.5. The largest absolute Gasteiger partial charge is 0.369 e. The fourth-order valence-corrected chi connectivity index (χ4v) is 1.17. The molecule has 0 aliphatic heterocycles. The minimum Gasteiger partial charge on any atom is -0.369 e. The van der Waals surface area contributed by atoms with E-state index in [9.17, 15) is 23.7 Å². The number of hydrogen-bond acceptors (Lipinski definition) is 4. The first-order valence-corrected chi connectivity index (χ1v) is 5.19. The van der Waals surface area contributed by atoms with Crippen LogP contribution in [0.5, 0.6) is 0 Å². The lowest BCUT2D eigenvalue weighted by molar-refractivity contribution is -0.384. The summed E-state index contributed by atoms with van der Waals surface area (Å²) in [6.45, 7) is 2.76. The number of anilines is 1. The maximum Gasteiger partial charge on any atom is 0.296 e. The molecule has 1 rings (SSSR count). The van der Waals surface area contributed by atoms with Crippen molar-refractivity contribution in [1.29, 1.82) is 0 Å². The Kier molecular flexibility index (Phi) is 4.15. The molecule has 0 aliphatic carbocycles. The van der Waals surface area contributed by atoms with Crippen molar-refractivity contribution in [3.05, 3.63) is 33.9 Å². The first-order chi connectivity index (χ1) is 8.70. The van der Waals surface area contributed by atoms with Crippen LogP contribution in [0.3, 0.4) is 0 Å². The molecule has 1 N–H and O–H groups in total. The van der Waals surface area contributed by atoms with E-state index < -0.39 is 39.4 Å². The smallest absolute Gasteiger partial charge is 0.296 e. The van der Waals surface area contributed by atoms with Crippen LogP contribution >= 0.6 is 0 Å². The van der Waals surface area contributed by atoms with Crippen LogP contribution in [0.25, 0.3) is 0 Å². The Bertz CT molecular complexity index is 532. The summed E-state index contributed by atoms with van der Waals surface area (Å²) in [5, 5.41) is 12.7. The zero-order valence-electron chi connectivity index (χ0n) is 10.5. The Morgan fingerprint density at radius 1 is 1.42 bits per heavy atom. The third-order valence-electron chi connectivity index (χ3n) is 2.57. The number of benzene rings is 1. The monoisotopic (exact) mass is 274 g/mol. The minimum atomic E-state index is -1.49. The van der Waals surface area contributed by atoms with Crippen LogP contribution in [0, 0.1) is 21.7 Å². The average molecular weight is 274 g/mol. The van der Waals surface area contributed by atoms with Crippen LogP contribution in [-0.2, 0) is 9.53 Å². The van der Waals surface area contributed by atoms with Crippen LogP contribution in [0.2, 0.25) is 0 Å². The van der Waals surface area contributed by atoms with Crippen molar-refractivity contribution in [3.63, 3.8) is 0 Å². The van der Waals surface area contributed by atoms with Gasteiger partial charge in [-0.2, -0.15) is 0 Å². The normalized spacial score (nSPS) is 11.2. The topological polar surface area (TPSA) is 81.5 Å². The molecule has 0 atom stereocenters. The van der Waals surface area contributed by atoms with Gasteiger partial charge in [-0.15, -0.1) is 0 Å². The van der Waals surface area contributed by atoms with Gasteiger partial charge in [-0.05, 0) is 19.9 Å². The second kappa shape index (κ2) is 5.27. The van der Waals surface area contributed by atoms with Crippen molar-refractivity contribution in [2.75, 3.05) is 12.4 Å². The molecule has 0 saturated carbocycles. The van der Waals surface area contributed by atoms with Crippen LogP contribution in [0.15, 0.2) is 12.1 Å². The van der Waals surface area contributed by atoms with Crippen LogP contribution < -0.4 is 5.32 Å². The molecule has 0 heterocycles. The molecule has 0 saturated heterocycles. The number of hydrogen-bond donors (Lipinski definition) is 1. The summed E-state index contributed by atoms with van der Waals surface area (Å²) in [7, 11) is 1.25. The maximum atomic E-state index is 13.5. The van der Waals surface area contributed by atoms with E-state index in [1.165, 1.54) is 21.0 Å². The number of nitro groups is 1. The molecule has 0 aliphatic rings. The number of nitro benzene ring substituents is 1. The number of amides is 1. The SMILES string of the molecule is COC(C)(C)C(=O)Nc1c([N+](=O)[O-])ccc(F)c1F. The molecule has 0 spiro atoms. The molecular weight excluding hydrogens is 262 g/mol. The fourth-order valence-electron chi connectivity index (χ4n) is 1.17. The Labute approximate surface area is 107 Å². The molecule has 1 amide bonds. The van der Waals surface area contributed by atoms with E-state index in [1.807, 2.05) is 5.32 Å². The fraction of sp³-hybridized carbons (Fsp3) is 0.364. The highest BCUT2D eigenvalue weighted by Gasteiger charge is 2.31. The lowest BCUT2D eigenvalue weighted by atomic mass is 10.1. The summed E-state index contributed by atoms with van der Waals surface area (Å²) in [5.41, 5.74) is -2.90. The predicted molar refractivity (Wildman–Crippen MR) is 62.7 cm³/mol. The number of nitrogens with one attached hydrogen (secondary N) is 1. The lowest BCUT2D eigenvalue weighted by Gasteiger charge is -2.21. The van der Waals surface area contributed by atoms with E-state index >= 15 is 0 Å². The van der Waals surface area contributed by atoms with E-state index in [1.54, 1.807) is 0 Å². The first kappa shape index (κ1) is 15.0. The third-order valence-corrected chi connectivity index (χ3v) is 2.57. The van der Waals surface area contributed by atoms with Gasteiger partial charge in [0.25, 0.3) is 11.6 Å². The van der Waals surface area contributed by atoms with Gasteiger partial charge in [0.1, 0.15) is 5.60 Å². The summed E-state index contributed by atoms with van der Waals surface area (Å²) < 4.78 is 31.5. The number of halogens is 2. The Hall–Kier alpha value is -2.09. The minimum absolute atomic E-state index is 0.616. The molecule has 0 bridgehead atoms. The number of ether oxygens (including phenoxy) is 1. The van der Waals surface area contributed by atoms with E-state index in [-0.39, 0.29) is 0 Å². The highest BCUT2D eigenvalue weighted by molar-refractivity contribution is 5.98. The standard InChI is InChI=1S/C11H12F2N2O4/c1-11(2,19-3)10(16)14-9-7(15(17)18)5-4-6(12)8(9)13/h4-5H,1-3H3,(H,14,16). The van der Waals surface area contributed by atoms with Crippen molar-refractivity contribution in [2.24, 2.45) is 0 Å². The van der Waals surface area contributed by atoms with Crippen LogP contribution in [-0.4, -0.2) is 23.5 Å². The van der Waals surface area contributed by atoms with Crippen LogP contribution in [0.1, 0.15) is 13.8 Å². The summed E-state index contributed by atoms with van der Waals surface area (Å²) in [5.74, 6) is -3.62. The molecule has 1 aromatic rings. The number of carbonyl (C=O) groups excluding carboxylic acids is 1. The van der Waals surface area contributed by atoms with Gasteiger partial charge >= 0.3 is 0 Å². The Morgan fingerprint density at radius 2 is 2.00 bits per heavy atom. The second-order valence-corrected chi connectivity index (χ2v) is 4.18. The van der Waals surface area contributed by atoms with Gasteiger partial charge in [-0.1, -0.05) is 0 Å². The van der Waals surface area contributed by atoms with Crippen molar-refractivity contribution < 1.29 is 23.2 Å². The van der Waals surface area contributed by atoms with Crippen molar-refractivity contribution in [3.8, 4) is 0 Å². The average Bonchev–Trinajstić information content (AvgIpc) is 2.34. The highest BCUT2D eigenvalue weighted by Crippen LogP contribution is 2.30. The molecule has 1 aromatic carbocycles. The molecule has 0 aromatic heterocycles. The van der Waals surface area contributed by atoms with Crippen LogP contribution in [0.4, 0.5) is 20.2 Å². The van der Waals surface area contributed by atoms with Crippen molar-refractivity contribution >= 4 is 17.3 Å². The molecule has 6 nitrogen and oxygen atoms in total. The molecule has 0 radical (unpaired) electrons. The zero-order valence-corrected chi connectivity index (χ0v) is 10.5. The highest BCUT2D eigenvalue weighted by atomic mass is 19.2. The summed E-state index contributed by atoms with van der Waals surface area (Å²) in [4.78, 5) is 21.6. The Balaban J connectivity index is 3.23. The molecule has 19 heavy (non-hydrogen) atoms. The first-order valence-electron chi connectivity index (χ1n) is 5.19. The lowest BCUT2D eigenvalue weighted by Crippen LogP contribution is -2.39. The summed E-state index contributed by atoms with van der Waals surface area (Å²) >= 11 is 0. The number of nitrogens with zero attached hydrogens (tertiary/aromatic N) is 1. The number of carbonyl (C=O) groups is 1. The van der Waals surface area contributed by atoms with Gasteiger partial charge < -0.3 is 10.1 Å². The molecule has 0 fully saturated rings. The Morgan fingerprint density at radius 3 is 2.47 bits per heavy atom. The zero-order chi connectivity index (χ0) is 14.8. The molecule has 104 valence electrons. The van der Waals surface area contributed by atoms with Gasteiger partial charge in [-0.3, -0.25) is 14.9 Å². The molecular formula is C11H12F2N2O4. The third kappa shape index (κ3) is 3.02. The van der Waals surface area contributed by atoms with Crippen molar-refractivity contribution in [2.45, 2.75) is 19.4 Å². The number of methoxy groups -OCH3 is 1. The molecule has 8 heteroatoms. The van der Waals surface area contributed by atoms with E-state index in [2.05, 4.69) is 0 Å². The van der Waals surface area contributed by atoms with E-state index in [0.717, 1.165) is 6.07 Å². The van der Waals surface area contributed by atoms with Crippen molar-refractivity contribution in [1.82, 2.24) is 0 Å². The quantitative estimate of drug-likeness (QED) is 0.674. The van der Waals surface area contributed by atoms with Gasteiger partial charge in [0, 0.05) is 13.2 Å². The van der Waals surface area contributed by atoms with E-state index in [4.69, 9.17) is 4.74 Å². The molecule has 0 unspecified atom stereocenters. The van der Waals surface area contributed by atoms with Gasteiger partial charge in [0.2, 0.25) is 0 Å². The van der Waals surface area contributed by atoms with Gasteiger partial charge in [0.05, 0.1) is 4.92 Å². The second-order valence-electron chi connectivity index (χ2n) is 4.18. The summed E-state index contributed by atoms with van der Waals surface area (Å²) in [6, 6.07) is 1.39. The van der Waals surface area contributed by atoms with E-state index in [0.29, 0.717) is 6.07 Å². The predicted octanol–water partition coefficient (Wildman–Crippen LogP) is 2.24. The number of rotatable bonds is 4. The van der Waals surface area contributed by atoms with Gasteiger partial charge in [-0.25, -0.2) is 8.78 Å².